The molecular formula is C15H13FIN3O2. The SMILES string of the molecule is C=CC[C@H]1CNC(=O)c2c1[nH]c(-c1cc[n+]([O-])cc1F)c2I. The Morgan fingerprint density at radius 3 is 3.05 bits per heavy atom. The number of fused-ring (bicyclic) bond motifs is 1. The minimum absolute atomic E-state index is 0.0867. The number of rotatable bonds is 3. The van der Waals surface area contributed by atoms with Crippen molar-refractivity contribution in [3.05, 3.63) is 57.0 Å². The number of hydrogen-bond donors (Lipinski definition) is 2. The number of halogens is 2. The molecule has 0 saturated heterocycles. The largest absolute Gasteiger partial charge is 0.619 e. The van der Waals surface area contributed by atoms with Crippen LogP contribution in [-0.2, 0) is 0 Å². The van der Waals surface area contributed by atoms with E-state index in [-0.39, 0.29) is 17.4 Å². The van der Waals surface area contributed by atoms with Crippen molar-refractivity contribution in [2.45, 2.75) is 12.3 Å². The second-order valence-corrected chi connectivity index (χ2v) is 6.18. The van der Waals surface area contributed by atoms with Crippen molar-refractivity contribution in [3.8, 4) is 11.3 Å². The lowest BCUT2D eigenvalue weighted by Gasteiger charge is -2.21. The van der Waals surface area contributed by atoms with E-state index in [1.165, 1.54) is 12.3 Å². The standard InChI is InChI=1S/C15H13FIN3O2/c1-2-3-8-6-18-15(21)11-12(17)14(19-13(8)11)9-4-5-20(22)7-10(9)16/h2,4-5,7-8,19H,1,3,6H2,(H,18,21)/t8-/m0/s1. The summed E-state index contributed by atoms with van der Waals surface area (Å²) in [6, 6.07) is 1.40. The number of aromatic nitrogens is 2. The minimum atomic E-state index is -0.630. The van der Waals surface area contributed by atoms with E-state index in [0.717, 1.165) is 11.9 Å². The minimum Gasteiger partial charge on any atom is -0.619 e. The first kappa shape index (κ1) is 15.0. The molecule has 7 heteroatoms. The Hall–Kier alpha value is -1.90. The maximum atomic E-state index is 14.1. The van der Waals surface area contributed by atoms with Crippen LogP contribution in [0.2, 0.25) is 0 Å². The van der Waals surface area contributed by atoms with Crippen LogP contribution < -0.4 is 10.0 Å². The third-order valence-corrected chi connectivity index (χ3v) is 4.80. The van der Waals surface area contributed by atoms with Crippen LogP contribution in [0.4, 0.5) is 4.39 Å². The summed E-state index contributed by atoms with van der Waals surface area (Å²) < 4.78 is 15.1. The Morgan fingerprint density at radius 1 is 1.59 bits per heavy atom. The summed E-state index contributed by atoms with van der Waals surface area (Å²) in [5.74, 6) is -0.712. The number of allylic oxidation sites excluding steroid dienone is 1. The zero-order valence-electron chi connectivity index (χ0n) is 11.5. The van der Waals surface area contributed by atoms with Crippen molar-refractivity contribution >= 4 is 28.5 Å². The van der Waals surface area contributed by atoms with Crippen molar-refractivity contribution < 1.29 is 13.9 Å². The molecule has 1 atom stereocenters. The molecule has 3 rings (SSSR count). The van der Waals surface area contributed by atoms with E-state index in [9.17, 15) is 14.4 Å². The second kappa shape index (κ2) is 5.71. The maximum Gasteiger partial charge on any atom is 0.254 e. The highest BCUT2D eigenvalue weighted by molar-refractivity contribution is 14.1. The van der Waals surface area contributed by atoms with Crippen molar-refractivity contribution in [2.24, 2.45) is 0 Å². The van der Waals surface area contributed by atoms with Crippen LogP contribution in [0.25, 0.3) is 11.3 Å². The summed E-state index contributed by atoms with van der Waals surface area (Å²) in [4.78, 5) is 15.3. The van der Waals surface area contributed by atoms with Crippen molar-refractivity contribution in [1.29, 1.82) is 0 Å². The van der Waals surface area contributed by atoms with Crippen molar-refractivity contribution in [3.63, 3.8) is 0 Å². The first-order valence-corrected chi connectivity index (χ1v) is 7.80. The fourth-order valence-electron chi connectivity index (χ4n) is 2.67. The molecule has 22 heavy (non-hydrogen) atoms. The van der Waals surface area contributed by atoms with E-state index in [4.69, 9.17) is 0 Å². The second-order valence-electron chi connectivity index (χ2n) is 5.10. The van der Waals surface area contributed by atoms with Crippen LogP contribution in [-0.4, -0.2) is 17.4 Å². The molecule has 0 fully saturated rings. The molecule has 114 valence electrons. The number of nitrogens with zero attached hydrogens (tertiary/aromatic N) is 1. The highest BCUT2D eigenvalue weighted by Gasteiger charge is 2.31. The van der Waals surface area contributed by atoms with Crippen molar-refractivity contribution in [1.82, 2.24) is 10.3 Å². The van der Waals surface area contributed by atoms with Gasteiger partial charge in [-0.3, -0.25) is 4.79 Å². The number of carbonyl (C=O) groups excluding carboxylic acids is 1. The molecule has 2 aromatic rings. The molecule has 0 bridgehead atoms. The summed E-state index contributed by atoms with van der Waals surface area (Å²) in [6.07, 6.45) is 4.60. The molecule has 1 amide bonds. The first-order chi connectivity index (χ1) is 10.5. The Balaban J connectivity index is 2.17. The van der Waals surface area contributed by atoms with Crippen LogP contribution in [0.5, 0.6) is 0 Å². The van der Waals surface area contributed by atoms with Gasteiger partial charge in [0.05, 0.1) is 14.8 Å². The predicted octanol–water partition coefficient (Wildman–Crippen LogP) is 2.46. The first-order valence-electron chi connectivity index (χ1n) is 6.72. The molecule has 3 heterocycles. The molecule has 1 aliphatic heterocycles. The number of H-pyrrole nitrogens is 1. The number of pyridine rings is 1. The average Bonchev–Trinajstić information content (AvgIpc) is 2.81. The quantitative estimate of drug-likeness (QED) is 0.351. The summed E-state index contributed by atoms with van der Waals surface area (Å²) in [7, 11) is 0. The topological polar surface area (TPSA) is 71.8 Å². The molecule has 2 N–H and O–H groups in total. The lowest BCUT2D eigenvalue weighted by atomic mass is 9.94. The van der Waals surface area contributed by atoms with Crippen LogP contribution in [0.3, 0.4) is 0 Å². The smallest absolute Gasteiger partial charge is 0.254 e. The molecule has 0 spiro atoms. The summed E-state index contributed by atoms with van der Waals surface area (Å²) >= 11 is 2.03. The molecular weight excluding hydrogens is 400 g/mol. The summed E-state index contributed by atoms with van der Waals surface area (Å²) in [5, 5.41) is 14.0. The highest BCUT2D eigenvalue weighted by atomic mass is 127. The fourth-order valence-corrected chi connectivity index (χ4v) is 3.63. The summed E-state index contributed by atoms with van der Waals surface area (Å²) in [5.41, 5.74) is 2.14. The van der Waals surface area contributed by atoms with Gasteiger partial charge < -0.3 is 15.5 Å². The van der Waals surface area contributed by atoms with E-state index < -0.39 is 5.82 Å². The van der Waals surface area contributed by atoms with Crippen LogP contribution >= 0.6 is 22.6 Å². The predicted molar refractivity (Wildman–Crippen MR) is 87.8 cm³/mol. The third kappa shape index (κ3) is 2.39. The van der Waals surface area contributed by atoms with Crippen LogP contribution in [0, 0.1) is 14.6 Å². The lowest BCUT2D eigenvalue weighted by Crippen LogP contribution is -2.34. The average molecular weight is 413 g/mol. The number of nitrogens with one attached hydrogen (secondary N) is 2. The van der Waals surface area contributed by atoms with E-state index in [2.05, 4.69) is 16.9 Å². The van der Waals surface area contributed by atoms with Gasteiger partial charge in [-0.2, -0.15) is 9.12 Å². The molecule has 0 saturated carbocycles. The zero-order valence-corrected chi connectivity index (χ0v) is 13.7. The van der Waals surface area contributed by atoms with Gasteiger partial charge in [-0.25, -0.2) is 0 Å². The van der Waals surface area contributed by atoms with Gasteiger partial charge in [0.2, 0.25) is 6.20 Å². The van der Waals surface area contributed by atoms with E-state index in [1.54, 1.807) is 6.08 Å². The van der Waals surface area contributed by atoms with Crippen molar-refractivity contribution in [2.75, 3.05) is 6.54 Å². The molecule has 0 radical (unpaired) electrons. The molecule has 2 aromatic heterocycles. The highest BCUT2D eigenvalue weighted by Crippen LogP contribution is 2.36. The Kier molecular flexibility index (Phi) is 3.90. The zero-order chi connectivity index (χ0) is 15.9. The Labute approximate surface area is 140 Å². The number of carbonyl (C=O) groups is 1. The van der Waals surface area contributed by atoms with Gasteiger partial charge in [-0.1, -0.05) is 6.08 Å². The van der Waals surface area contributed by atoms with Crippen LogP contribution in [0.15, 0.2) is 31.1 Å². The number of hydrogen-bond acceptors (Lipinski definition) is 2. The van der Waals surface area contributed by atoms with E-state index >= 15 is 0 Å². The monoisotopic (exact) mass is 413 g/mol. The maximum absolute atomic E-state index is 14.1. The van der Waals surface area contributed by atoms with Gasteiger partial charge in [0.15, 0.2) is 12.0 Å². The lowest BCUT2D eigenvalue weighted by molar-refractivity contribution is -0.607. The number of aromatic amines is 1. The van der Waals surface area contributed by atoms with Gasteiger partial charge in [-0.05, 0) is 29.0 Å². The molecule has 5 nitrogen and oxygen atoms in total. The molecule has 0 aliphatic carbocycles. The number of amides is 1. The van der Waals surface area contributed by atoms with Crippen LogP contribution in [0.1, 0.15) is 28.4 Å². The Bertz CT molecular complexity index is 772. The van der Waals surface area contributed by atoms with Gasteiger partial charge in [0, 0.05) is 29.8 Å². The van der Waals surface area contributed by atoms with E-state index in [0.29, 0.717) is 32.5 Å². The summed E-state index contributed by atoms with van der Waals surface area (Å²) in [6.45, 7) is 4.25. The Morgan fingerprint density at radius 2 is 2.36 bits per heavy atom. The molecule has 0 aromatic carbocycles. The fraction of sp³-hybridized carbons (Fsp3) is 0.200. The van der Waals surface area contributed by atoms with Gasteiger partial charge in [0.1, 0.15) is 0 Å². The third-order valence-electron chi connectivity index (χ3n) is 3.72. The van der Waals surface area contributed by atoms with E-state index in [1.807, 2.05) is 22.6 Å². The van der Waals surface area contributed by atoms with Gasteiger partial charge in [-0.15, -0.1) is 6.58 Å². The van der Waals surface area contributed by atoms with Gasteiger partial charge in [0.25, 0.3) is 5.91 Å². The molecule has 1 aliphatic rings. The van der Waals surface area contributed by atoms with Gasteiger partial charge >= 0.3 is 0 Å². The normalized spacial score (nSPS) is 17.0. The molecule has 0 unspecified atom stereocenters.